The molecule has 18 heavy (non-hydrogen) atoms. The fourth-order valence-corrected chi connectivity index (χ4v) is 2.02. The van der Waals surface area contributed by atoms with Gasteiger partial charge in [0.25, 0.3) is 5.91 Å². The van der Waals surface area contributed by atoms with Gasteiger partial charge in [-0.1, -0.05) is 24.4 Å². The van der Waals surface area contributed by atoms with Crippen LogP contribution >= 0.6 is 12.2 Å². The second-order valence-electron chi connectivity index (χ2n) is 4.38. The van der Waals surface area contributed by atoms with E-state index in [9.17, 15) is 4.79 Å². The Balaban J connectivity index is 1.95. The largest absolute Gasteiger partial charge is 0.389 e. The molecule has 4 nitrogen and oxygen atoms in total. The van der Waals surface area contributed by atoms with Crippen LogP contribution in [0.2, 0.25) is 0 Å². The highest BCUT2D eigenvalue weighted by molar-refractivity contribution is 7.80. The second kappa shape index (κ2) is 5.93. The number of amides is 1. The quantitative estimate of drug-likeness (QED) is 0.799. The van der Waals surface area contributed by atoms with Gasteiger partial charge in [-0.2, -0.15) is 0 Å². The summed E-state index contributed by atoms with van der Waals surface area (Å²) in [5, 5.41) is 2.90. The van der Waals surface area contributed by atoms with Gasteiger partial charge in [0.1, 0.15) is 4.99 Å². The molecule has 3 N–H and O–H groups in total. The van der Waals surface area contributed by atoms with E-state index in [4.69, 9.17) is 22.7 Å². The molecule has 1 saturated heterocycles. The summed E-state index contributed by atoms with van der Waals surface area (Å²) in [5.74, 6) is 0.327. The Hall–Kier alpha value is -1.46. The van der Waals surface area contributed by atoms with Crippen molar-refractivity contribution in [2.24, 2.45) is 11.7 Å². The molecule has 1 aromatic rings. The molecule has 1 fully saturated rings. The summed E-state index contributed by atoms with van der Waals surface area (Å²) in [6, 6.07) is 7.04. The number of benzene rings is 1. The van der Waals surface area contributed by atoms with Gasteiger partial charge < -0.3 is 15.8 Å². The van der Waals surface area contributed by atoms with Crippen LogP contribution in [0, 0.1) is 5.92 Å². The summed E-state index contributed by atoms with van der Waals surface area (Å²) in [4.78, 5) is 12.2. The Kier molecular flexibility index (Phi) is 4.28. The highest BCUT2D eigenvalue weighted by atomic mass is 32.1. The number of thiocarbonyl (C=S) groups is 1. The van der Waals surface area contributed by atoms with Gasteiger partial charge in [-0.05, 0) is 18.6 Å². The van der Waals surface area contributed by atoms with Gasteiger partial charge in [0.15, 0.2) is 0 Å². The average molecular weight is 264 g/mol. The van der Waals surface area contributed by atoms with E-state index in [1.54, 1.807) is 24.3 Å². The maximum atomic E-state index is 11.9. The standard InChI is InChI=1S/C13H16N2O2S/c14-12(18)10-2-1-3-11(6-10)13(16)15-7-9-4-5-17-8-9/h1-3,6,9H,4-5,7-8H2,(H2,14,18)(H,15,16). The van der Waals surface area contributed by atoms with Crippen LogP contribution in [-0.4, -0.2) is 30.7 Å². The Morgan fingerprint density at radius 3 is 2.94 bits per heavy atom. The summed E-state index contributed by atoms with van der Waals surface area (Å²) in [6.45, 7) is 2.17. The number of hydrogen-bond donors (Lipinski definition) is 2. The topological polar surface area (TPSA) is 64.4 Å². The lowest BCUT2D eigenvalue weighted by atomic mass is 10.1. The Morgan fingerprint density at radius 2 is 2.28 bits per heavy atom. The Labute approximate surface area is 112 Å². The summed E-state index contributed by atoms with van der Waals surface area (Å²) < 4.78 is 5.26. The first kappa shape index (κ1) is 13.0. The number of nitrogens with one attached hydrogen (secondary N) is 1. The minimum absolute atomic E-state index is 0.0972. The van der Waals surface area contributed by atoms with Gasteiger partial charge >= 0.3 is 0 Å². The average Bonchev–Trinajstić information content (AvgIpc) is 2.89. The van der Waals surface area contributed by atoms with Crippen molar-refractivity contribution in [3.05, 3.63) is 35.4 Å². The van der Waals surface area contributed by atoms with Crippen LogP contribution in [0.15, 0.2) is 24.3 Å². The number of rotatable bonds is 4. The smallest absolute Gasteiger partial charge is 0.251 e. The molecule has 0 aromatic heterocycles. The molecule has 0 radical (unpaired) electrons. The molecule has 1 heterocycles. The monoisotopic (exact) mass is 264 g/mol. The molecule has 0 bridgehead atoms. The summed E-state index contributed by atoms with van der Waals surface area (Å²) in [6.07, 6.45) is 1.01. The Morgan fingerprint density at radius 1 is 1.50 bits per heavy atom. The number of carbonyl (C=O) groups excluding carboxylic acids is 1. The maximum absolute atomic E-state index is 11.9. The van der Waals surface area contributed by atoms with Crippen molar-refractivity contribution < 1.29 is 9.53 Å². The zero-order valence-corrected chi connectivity index (χ0v) is 10.8. The van der Waals surface area contributed by atoms with Crippen molar-refractivity contribution in [1.29, 1.82) is 0 Å². The predicted octanol–water partition coefficient (Wildman–Crippen LogP) is 1.09. The van der Waals surface area contributed by atoms with Gasteiger partial charge in [0.05, 0.1) is 6.61 Å². The van der Waals surface area contributed by atoms with Crippen molar-refractivity contribution in [1.82, 2.24) is 5.32 Å². The van der Waals surface area contributed by atoms with E-state index >= 15 is 0 Å². The van der Waals surface area contributed by atoms with Gasteiger partial charge in [0, 0.05) is 30.2 Å². The lowest BCUT2D eigenvalue weighted by Gasteiger charge is -2.10. The van der Waals surface area contributed by atoms with Crippen LogP contribution in [0.3, 0.4) is 0 Å². The first-order chi connectivity index (χ1) is 8.66. The zero-order valence-electron chi connectivity index (χ0n) is 10.0. The summed E-state index contributed by atoms with van der Waals surface area (Å²) in [5.41, 5.74) is 6.83. The van der Waals surface area contributed by atoms with Crippen LogP contribution in [-0.2, 0) is 4.74 Å². The second-order valence-corrected chi connectivity index (χ2v) is 4.82. The van der Waals surface area contributed by atoms with E-state index < -0.39 is 0 Å². The minimum atomic E-state index is -0.0972. The molecule has 2 rings (SSSR count). The lowest BCUT2D eigenvalue weighted by Crippen LogP contribution is -2.29. The number of nitrogens with two attached hydrogens (primary N) is 1. The van der Waals surface area contributed by atoms with Gasteiger partial charge in [-0.15, -0.1) is 0 Å². The third-order valence-electron chi connectivity index (χ3n) is 2.98. The molecule has 1 aliphatic rings. The molecule has 5 heteroatoms. The molecule has 96 valence electrons. The normalized spacial score (nSPS) is 18.6. The molecule has 0 saturated carbocycles. The number of hydrogen-bond acceptors (Lipinski definition) is 3. The van der Waals surface area contributed by atoms with E-state index in [0.29, 0.717) is 28.6 Å². The van der Waals surface area contributed by atoms with Gasteiger partial charge in [0.2, 0.25) is 0 Å². The van der Waals surface area contributed by atoms with Crippen LogP contribution in [0.25, 0.3) is 0 Å². The predicted molar refractivity (Wildman–Crippen MR) is 73.6 cm³/mol. The van der Waals surface area contributed by atoms with E-state index in [1.165, 1.54) is 0 Å². The molecule has 0 aliphatic carbocycles. The van der Waals surface area contributed by atoms with Crippen LogP contribution in [0.4, 0.5) is 0 Å². The molecule has 1 unspecified atom stereocenters. The molecular formula is C13H16N2O2S. The fraction of sp³-hybridized carbons (Fsp3) is 0.385. The minimum Gasteiger partial charge on any atom is -0.389 e. The van der Waals surface area contributed by atoms with E-state index in [1.807, 2.05) is 0 Å². The highest BCUT2D eigenvalue weighted by Gasteiger charge is 2.16. The van der Waals surface area contributed by atoms with E-state index in [-0.39, 0.29) is 5.91 Å². The molecule has 1 aromatic carbocycles. The summed E-state index contributed by atoms with van der Waals surface area (Å²) in [7, 11) is 0. The molecule has 1 aliphatic heterocycles. The van der Waals surface area contributed by atoms with Crippen LogP contribution in [0.1, 0.15) is 22.3 Å². The lowest BCUT2D eigenvalue weighted by molar-refractivity contribution is 0.0945. The van der Waals surface area contributed by atoms with Crippen LogP contribution in [0.5, 0.6) is 0 Å². The van der Waals surface area contributed by atoms with Crippen molar-refractivity contribution in [3.8, 4) is 0 Å². The van der Waals surface area contributed by atoms with Crippen LogP contribution < -0.4 is 11.1 Å². The van der Waals surface area contributed by atoms with E-state index in [0.717, 1.165) is 19.6 Å². The Bertz CT molecular complexity index is 456. The first-order valence-corrected chi connectivity index (χ1v) is 6.33. The molecule has 1 amide bonds. The third-order valence-corrected chi connectivity index (χ3v) is 3.22. The summed E-state index contributed by atoms with van der Waals surface area (Å²) >= 11 is 4.89. The molecule has 0 spiro atoms. The van der Waals surface area contributed by atoms with Gasteiger partial charge in [-0.3, -0.25) is 4.79 Å². The third kappa shape index (κ3) is 3.27. The molecular weight excluding hydrogens is 248 g/mol. The highest BCUT2D eigenvalue weighted by Crippen LogP contribution is 2.11. The van der Waals surface area contributed by atoms with Crippen molar-refractivity contribution >= 4 is 23.1 Å². The zero-order chi connectivity index (χ0) is 13.0. The van der Waals surface area contributed by atoms with E-state index in [2.05, 4.69) is 5.32 Å². The SMILES string of the molecule is NC(=S)c1cccc(C(=O)NCC2CCOC2)c1. The number of carbonyl (C=O) groups is 1. The number of ether oxygens (including phenoxy) is 1. The van der Waals surface area contributed by atoms with Crippen molar-refractivity contribution in [2.45, 2.75) is 6.42 Å². The molecule has 1 atom stereocenters. The maximum Gasteiger partial charge on any atom is 0.251 e. The van der Waals surface area contributed by atoms with Crippen molar-refractivity contribution in [2.75, 3.05) is 19.8 Å². The fourth-order valence-electron chi connectivity index (χ4n) is 1.90. The van der Waals surface area contributed by atoms with Gasteiger partial charge in [-0.25, -0.2) is 0 Å². The first-order valence-electron chi connectivity index (χ1n) is 5.92. The van der Waals surface area contributed by atoms with Crippen molar-refractivity contribution in [3.63, 3.8) is 0 Å².